The smallest absolute Gasteiger partial charge is 0.226 e. The molecule has 0 spiro atoms. The van der Waals surface area contributed by atoms with Crippen LogP contribution in [0.15, 0.2) is 54.6 Å². The van der Waals surface area contributed by atoms with E-state index in [9.17, 15) is 14.3 Å². The van der Waals surface area contributed by atoms with Crippen molar-refractivity contribution in [1.82, 2.24) is 5.32 Å². The molecule has 2 atom stereocenters. The third-order valence-corrected chi connectivity index (χ3v) is 3.71. The summed E-state index contributed by atoms with van der Waals surface area (Å²) in [5, 5.41) is 12.2. The van der Waals surface area contributed by atoms with E-state index in [1.54, 1.807) is 12.1 Å². The van der Waals surface area contributed by atoms with Crippen LogP contribution in [0.5, 0.6) is 0 Å². The highest BCUT2D eigenvalue weighted by atomic mass is 19.1. The van der Waals surface area contributed by atoms with Crippen LogP contribution in [0.4, 0.5) is 4.39 Å². The summed E-state index contributed by atoms with van der Waals surface area (Å²) in [6.07, 6.45) is 0.563. The number of benzene rings is 2. The minimum atomic E-state index is -0.438. The van der Waals surface area contributed by atoms with Gasteiger partial charge < -0.3 is 10.4 Å². The first-order valence-corrected chi connectivity index (χ1v) is 7.37. The Bertz CT molecular complexity index is 594. The van der Waals surface area contributed by atoms with E-state index in [4.69, 9.17) is 0 Å². The maximum atomic E-state index is 13.1. The van der Waals surface area contributed by atoms with Crippen LogP contribution in [0.25, 0.3) is 0 Å². The van der Waals surface area contributed by atoms with Crippen LogP contribution in [0.3, 0.4) is 0 Å². The van der Waals surface area contributed by atoms with E-state index in [-0.39, 0.29) is 24.4 Å². The summed E-state index contributed by atoms with van der Waals surface area (Å²) < 4.78 is 13.1. The Morgan fingerprint density at radius 3 is 2.23 bits per heavy atom. The molecule has 2 unspecified atom stereocenters. The van der Waals surface area contributed by atoms with Crippen molar-refractivity contribution in [2.24, 2.45) is 5.92 Å². The molecule has 22 heavy (non-hydrogen) atoms. The Hall–Kier alpha value is -2.20. The Balaban J connectivity index is 2.30. The minimum absolute atomic E-state index is 0.187. The molecule has 0 heterocycles. The quantitative estimate of drug-likeness (QED) is 0.861. The molecule has 0 saturated carbocycles. The van der Waals surface area contributed by atoms with Crippen molar-refractivity contribution in [3.8, 4) is 0 Å². The minimum Gasteiger partial charge on any atom is -0.396 e. The molecule has 0 bridgehead atoms. The van der Waals surface area contributed by atoms with Gasteiger partial charge in [0.15, 0.2) is 0 Å². The second-order valence-electron chi connectivity index (χ2n) is 5.19. The van der Waals surface area contributed by atoms with Gasteiger partial charge in [-0.05, 0) is 29.7 Å². The molecule has 2 N–H and O–H groups in total. The fourth-order valence-electron chi connectivity index (χ4n) is 2.32. The Kier molecular flexibility index (Phi) is 5.67. The number of amides is 1. The number of aliphatic hydroxyl groups excluding tert-OH is 1. The Labute approximate surface area is 129 Å². The Morgan fingerprint density at radius 2 is 1.68 bits per heavy atom. The Morgan fingerprint density at radius 1 is 1.09 bits per heavy atom. The van der Waals surface area contributed by atoms with Gasteiger partial charge in [0.05, 0.1) is 18.6 Å². The van der Waals surface area contributed by atoms with Crippen LogP contribution < -0.4 is 5.32 Å². The zero-order valence-corrected chi connectivity index (χ0v) is 12.5. The maximum Gasteiger partial charge on any atom is 0.226 e. The van der Waals surface area contributed by atoms with Crippen molar-refractivity contribution in [3.63, 3.8) is 0 Å². The second-order valence-corrected chi connectivity index (χ2v) is 5.19. The number of hydrogen-bond donors (Lipinski definition) is 2. The monoisotopic (exact) mass is 301 g/mol. The molecule has 0 aromatic heterocycles. The van der Waals surface area contributed by atoms with Crippen molar-refractivity contribution >= 4 is 5.91 Å². The maximum absolute atomic E-state index is 13.1. The van der Waals surface area contributed by atoms with Crippen LogP contribution in [0.1, 0.15) is 30.5 Å². The summed E-state index contributed by atoms with van der Waals surface area (Å²) in [4.78, 5) is 12.3. The number of rotatable bonds is 6. The lowest BCUT2D eigenvalue weighted by Crippen LogP contribution is -2.35. The molecule has 0 aliphatic rings. The van der Waals surface area contributed by atoms with Crippen molar-refractivity contribution in [2.75, 3.05) is 6.61 Å². The van der Waals surface area contributed by atoms with E-state index in [0.717, 1.165) is 11.1 Å². The van der Waals surface area contributed by atoms with E-state index in [1.807, 2.05) is 37.3 Å². The van der Waals surface area contributed by atoms with Crippen LogP contribution in [-0.4, -0.2) is 17.6 Å². The number of hydrogen-bond acceptors (Lipinski definition) is 2. The molecule has 0 saturated heterocycles. The first kappa shape index (κ1) is 16.2. The van der Waals surface area contributed by atoms with E-state index in [0.29, 0.717) is 6.42 Å². The molecule has 0 aliphatic carbocycles. The molecular formula is C18H20FNO2. The molecule has 2 aromatic rings. The highest BCUT2D eigenvalue weighted by Gasteiger charge is 2.21. The fraction of sp³-hybridized carbons (Fsp3) is 0.278. The SMILES string of the molecule is CCC(CO)C(=O)NC(c1ccccc1)c1ccc(F)cc1. The fourth-order valence-corrected chi connectivity index (χ4v) is 2.32. The van der Waals surface area contributed by atoms with Gasteiger partial charge in [-0.1, -0.05) is 49.4 Å². The number of carbonyl (C=O) groups is 1. The molecule has 116 valence electrons. The molecule has 4 heteroatoms. The topological polar surface area (TPSA) is 49.3 Å². The summed E-state index contributed by atoms with van der Waals surface area (Å²) in [7, 11) is 0. The summed E-state index contributed by atoms with van der Waals surface area (Å²) in [5.74, 6) is -0.960. The molecular weight excluding hydrogens is 281 g/mol. The first-order chi connectivity index (χ1) is 10.7. The van der Waals surface area contributed by atoms with E-state index in [2.05, 4.69) is 5.32 Å². The lowest BCUT2D eigenvalue weighted by molar-refractivity contribution is -0.126. The average Bonchev–Trinajstić information content (AvgIpc) is 2.55. The third kappa shape index (κ3) is 3.92. The van der Waals surface area contributed by atoms with Gasteiger partial charge in [-0.2, -0.15) is 0 Å². The molecule has 1 amide bonds. The predicted octanol–water partition coefficient (Wildman–Crippen LogP) is 3.05. The summed E-state index contributed by atoms with van der Waals surface area (Å²) in [6.45, 7) is 1.67. The predicted molar refractivity (Wildman–Crippen MR) is 83.7 cm³/mol. The van der Waals surface area contributed by atoms with Crippen LogP contribution in [0, 0.1) is 11.7 Å². The van der Waals surface area contributed by atoms with E-state index < -0.39 is 5.92 Å². The highest BCUT2D eigenvalue weighted by molar-refractivity contribution is 5.79. The van der Waals surface area contributed by atoms with Gasteiger partial charge in [-0.3, -0.25) is 4.79 Å². The lowest BCUT2D eigenvalue weighted by atomic mass is 9.97. The van der Waals surface area contributed by atoms with Crippen LogP contribution in [0.2, 0.25) is 0 Å². The van der Waals surface area contributed by atoms with Crippen molar-refractivity contribution < 1.29 is 14.3 Å². The lowest BCUT2D eigenvalue weighted by Gasteiger charge is -2.22. The van der Waals surface area contributed by atoms with Crippen molar-refractivity contribution in [2.45, 2.75) is 19.4 Å². The van der Waals surface area contributed by atoms with Crippen molar-refractivity contribution in [1.29, 1.82) is 0 Å². The van der Waals surface area contributed by atoms with Gasteiger partial charge >= 0.3 is 0 Å². The molecule has 2 rings (SSSR count). The summed E-state index contributed by atoms with van der Waals surface area (Å²) in [6, 6.07) is 15.2. The van der Waals surface area contributed by atoms with Crippen molar-refractivity contribution in [3.05, 3.63) is 71.5 Å². The molecule has 3 nitrogen and oxygen atoms in total. The van der Waals surface area contributed by atoms with Crippen LogP contribution in [-0.2, 0) is 4.79 Å². The second kappa shape index (κ2) is 7.71. The van der Waals surface area contributed by atoms with Gasteiger partial charge in [-0.15, -0.1) is 0 Å². The van der Waals surface area contributed by atoms with Gasteiger partial charge in [0.2, 0.25) is 5.91 Å². The first-order valence-electron chi connectivity index (χ1n) is 7.37. The van der Waals surface area contributed by atoms with E-state index >= 15 is 0 Å². The van der Waals surface area contributed by atoms with Crippen LogP contribution >= 0.6 is 0 Å². The zero-order chi connectivity index (χ0) is 15.9. The zero-order valence-electron chi connectivity index (χ0n) is 12.5. The molecule has 0 fully saturated rings. The molecule has 0 radical (unpaired) electrons. The number of aliphatic hydroxyl groups is 1. The number of carbonyl (C=O) groups excluding carboxylic acids is 1. The van der Waals surface area contributed by atoms with Gasteiger partial charge in [0.25, 0.3) is 0 Å². The third-order valence-electron chi connectivity index (χ3n) is 3.71. The van der Waals surface area contributed by atoms with E-state index in [1.165, 1.54) is 12.1 Å². The number of halogens is 1. The summed E-state index contributed by atoms with van der Waals surface area (Å²) >= 11 is 0. The normalized spacial score (nSPS) is 13.4. The van der Waals surface area contributed by atoms with Gasteiger partial charge in [-0.25, -0.2) is 4.39 Å². The highest BCUT2D eigenvalue weighted by Crippen LogP contribution is 2.23. The number of nitrogens with one attached hydrogen (secondary N) is 1. The average molecular weight is 301 g/mol. The largest absolute Gasteiger partial charge is 0.396 e. The van der Waals surface area contributed by atoms with Gasteiger partial charge in [0, 0.05) is 0 Å². The molecule has 0 aliphatic heterocycles. The van der Waals surface area contributed by atoms with Gasteiger partial charge in [0.1, 0.15) is 5.82 Å². The summed E-state index contributed by atoms with van der Waals surface area (Å²) in [5.41, 5.74) is 1.71. The molecule has 2 aromatic carbocycles. The standard InChI is InChI=1S/C18H20FNO2/c1-2-13(12-21)18(22)20-17(14-6-4-3-5-7-14)15-8-10-16(19)11-9-15/h3-11,13,17,21H,2,12H2,1H3,(H,20,22).